The summed E-state index contributed by atoms with van der Waals surface area (Å²) in [5.41, 5.74) is 0.987. The first-order valence-corrected chi connectivity index (χ1v) is 6.76. The molecule has 0 saturated carbocycles. The van der Waals surface area contributed by atoms with Gasteiger partial charge in [-0.05, 0) is 17.3 Å². The van der Waals surface area contributed by atoms with Crippen molar-refractivity contribution in [1.29, 1.82) is 0 Å². The summed E-state index contributed by atoms with van der Waals surface area (Å²) < 4.78 is 11.3. The number of nitrogens with zero attached hydrogens (tertiary/aromatic N) is 3. The molecule has 2 aromatic heterocycles. The van der Waals surface area contributed by atoms with Gasteiger partial charge in [0.2, 0.25) is 11.8 Å². The van der Waals surface area contributed by atoms with Crippen molar-refractivity contribution in [2.24, 2.45) is 0 Å². The number of rotatable bonds is 4. The van der Waals surface area contributed by atoms with Gasteiger partial charge in [-0.2, -0.15) is 4.98 Å². The third-order valence-corrected chi connectivity index (χ3v) is 3.06. The van der Waals surface area contributed by atoms with E-state index in [9.17, 15) is 9.59 Å². The second kappa shape index (κ2) is 5.47. The molecule has 8 nitrogen and oxygen atoms in total. The Hall–Kier alpha value is -2.90. The number of amides is 1. The average Bonchev–Trinajstić information content (AvgIpc) is 3.05. The van der Waals surface area contributed by atoms with Crippen LogP contribution in [0.25, 0.3) is 11.1 Å². The second-order valence-electron chi connectivity index (χ2n) is 5.08. The minimum absolute atomic E-state index is 0.0681. The molecule has 22 heavy (non-hydrogen) atoms. The van der Waals surface area contributed by atoms with Gasteiger partial charge < -0.3 is 8.94 Å². The first kappa shape index (κ1) is 14.1. The molecule has 0 fully saturated rings. The van der Waals surface area contributed by atoms with E-state index in [-0.39, 0.29) is 18.4 Å². The van der Waals surface area contributed by atoms with Crippen molar-refractivity contribution in [1.82, 2.24) is 14.7 Å². The first-order valence-electron chi connectivity index (χ1n) is 6.76. The molecule has 3 aromatic rings. The molecule has 0 aliphatic heterocycles. The van der Waals surface area contributed by atoms with Crippen molar-refractivity contribution in [3.05, 3.63) is 40.7 Å². The van der Waals surface area contributed by atoms with Gasteiger partial charge in [0.25, 0.3) is 5.95 Å². The van der Waals surface area contributed by atoms with Crippen LogP contribution in [0.3, 0.4) is 0 Å². The minimum atomic E-state index is -0.590. The molecule has 0 radical (unpaired) electrons. The highest BCUT2D eigenvalue weighted by Crippen LogP contribution is 2.14. The number of carbonyl (C=O) groups is 1. The number of nitrogens with one attached hydrogen (secondary N) is 1. The van der Waals surface area contributed by atoms with Crippen LogP contribution < -0.4 is 11.1 Å². The van der Waals surface area contributed by atoms with Crippen LogP contribution in [0.15, 0.2) is 38.0 Å². The topological polar surface area (TPSA) is 103 Å². The van der Waals surface area contributed by atoms with Gasteiger partial charge in [0.1, 0.15) is 6.54 Å². The fourth-order valence-corrected chi connectivity index (χ4v) is 1.99. The van der Waals surface area contributed by atoms with Crippen LogP contribution in [-0.4, -0.2) is 20.6 Å². The van der Waals surface area contributed by atoms with E-state index < -0.39 is 11.7 Å². The predicted octanol–water partition coefficient (Wildman–Crippen LogP) is 1.74. The van der Waals surface area contributed by atoms with Crippen molar-refractivity contribution in [2.75, 3.05) is 5.32 Å². The number of hydrogen-bond acceptors (Lipinski definition) is 6. The summed E-state index contributed by atoms with van der Waals surface area (Å²) in [6.07, 6.45) is 0. The summed E-state index contributed by atoms with van der Waals surface area (Å²) in [6, 6.07) is 6.89. The lowest BCUT2D eigenvalue weighted by molar-refractivity contribution is -0.116. The normalized spacial score (nSPS) is 11.2. The fourth-order valence-electron chi connectivity index (χ4n) is 1.99. The lowest BCUT2D eigenvalue weighted by Gasteiger charge is -2.01. The highest BCUT2D eigenvalue weighted by Gasteiger charge is 2.15. The molecular formula is C14H14N4O4. The molecule has 1 aromatic carbocycles. The highest BCUT2D eigenvalue weighted by molar-refractivity contribution is 5.89. The Morgan fingerprint density at radius 1 is 1.36 bits per heavy atom. The van der Waals surface area contributed by atoms with Gasteiger partial charge in [0, 0.05) is 5.92 Å². The molecule has 0 bridgehead atoms. The van der Waals surface area contributed by atoms with Gasteiger partial charge in [0.05, 0.1) is 5.52 Å². The van der Waals surface area contributed by atoms with Crippen molar-refractivity contribution in [3.8, 4) is 0 Å². The van der Waals surface area contributed by atoms with Crippen LogP contribution in [0.2, 0.25) is 0 Å². The Balaban J connectivity index is 1.78. The molecule has 0 aliphatic rings. The maximum Gasteiger partial charge on any atom is 0.420 e. The summed E-state index contributed by atoms with van der Waals surface area (Å²) in [7, 11) is 0. The Labute approximate surface area is 124 Å². The molecule has 0 atom stereocenters. The molecule has 114 valence electrons. The molecule has 8 heteroatoms. The summed E-state index contributed by atoms with van der Waals surface area (Å²) >= 11 is 0. The first-order chi connectivity index (χ1) is 10.5. The van der Waals surface area contributed by atoms with E-state index in [2.05, 4.69) is 15.5 Å². The largest absolute Gasteiger partial charge is 0.420 e. The molecule has 0 spiro atoms. The Kier molecular flexibility index (Phi) is 3.50. The summed E-state index contributed by atoms with van der Waals surface area (Å²) in [5.74, 6) is -0.452. The maximum absolute atomic E-state index is 12.0. The van der Waals surface area contributed by atoms with Crippen LogP contribution in [0, 0.1) is 0 Å². The van der Waals surface area contributed by atoms with Crippen LogP contribution in [0.5, 0.6) is 0 Å². The Morgan fingerprint density at radius 3 is 2.86 bits per heavy atom. The SMILES string of the molecule is CC(C)c1nc(NC(=O)Cn2c(=O)oc3ccccc32)no1. The Bertz CT molecular complexity index is 874. The van der Waals surface area contributed by atoms with Crippen molar-refractivity contribution in [3.63, 3.8) is 0 Å². The van der Waals surface area contributed by atoms with Crippen LogP contribution in [-0.2, 0) is 11.3 Å². The lowest BCUT2D eigenvalue weighted by Crippen LogP contribution is -2.25. The number of hydrogen-bond donors (Lipinski definition) is 1. The molecule has 0 unspecified atom stereocenters. The Morgan fingerprint density at radius 2 is 2.14 bits per heavy atom. The van der Waals surface area contributed by atoms with Crippen LogP contribution in [0.4, 0.5) is 5.95 Å². The molecule has 3 rings (SSSR count). The molecular weight excluding hydrogens is 288 g/mol. The number of oxazole rings is 1. The smallest absolute Gasteiger partial charge is 0.408 e. The van der Waals surface area contributed by atoms with Gasteiger partial charge in [0.15, 0.2) is 5.58 Å². The number of fused-ring (bicyclic) bond motifs is 1. The van der Waals surface area contributed by atoms with Gasteiger partial charge in [-0.3, -0.25) is 14.7 Å². The van der Waals surface area contributed by atoms with Crippen molar-refractivity contribution >= 4 is 23.0 Å². The predicted molar refractivity (Wildman–Crippen MR) is 77.5 cm³/mol. The van der Waals surface area contributed by atoms with Gasteiger partial charge in [-0.25, -0.2) is 4.79 Å². The van der Waals surface area contributed by atoms with Gasteiger partial charge in [-0.15, -0.1) is 0 Å². The van der Waals surface area contributed by atoms with E-state index >= 15 is 0 Å². The van der Waals surface area contributed by atoms with Crippen LogP contribution in [0.1, 0.15) is 25.7 Å². The van der Waals surface area contributed by atoms with E-state index in [4.69, 9.17) is 8.94 Å². The molecule has 1 amide bonds. The average molecular weight is 302 g/mol. The number of aromatic nitrogens is 3. The third-order valence-electron chi connectivity index (χ3n) is 3.06. The highest BCUT2D eigenvalue weighted by atomic mass is 16.5. The lowest BCUT2D eigenvalue weighted by atomic mass is 10.2. The molecule has 0 saturated heterocycles. The maximum atomic E-state index is 12.0. The molecule has 0 aliphatic carbocycles. The monoisotopic (exact) mass is 302 g/mol. The van der Waals surface area contributed by atoms with Crippen molar-refractivity contribution in [2.45, 2.75) is 26.3 Å². The van der Waals surface area contributed by atoms with E-state index in [1.54, 1.807) is 24.3 Å². The van der Waals surface area contributed by atoms with Crippen molar-refractivity contribution < 1.29 is 13.7 Å². The van der Waals surface area contributed by atoms with E-state index in [1.807, 2.05) is 13.8 Å². The molecule has 1 N–H and O–H groups in total. The van der Waals surface area contributed by atoms with Crippen LogP contribution >= 0.6 is 0 Å². The zero-order valence-electron chi connectivity index (χ0n) is 12.1. The second-order valence-corrected chi connectivity index (χ2v) is 5.08. The summed E-state index contributed by atoms with van der Waals surface area (Å²) in [4.78, 5) is 27.9. The zero-order chi connectivity index (χ0) is 15.7. The number of para-hydroxylation sites is 2. The number of benzene rings is 1. The summed E-state index contributed by atoms with van der Waals surface area (Å²) in [6.45, 7) is 3.61. The fraction of sp³-hybridized carbons (Fsp3) is 0.286. The van der Waals surface area contributed by atoms with E-state index in [0.717, 1.165) is 0 Å². The van der Waals surface area contributed by atoms with E-state index in [0.29, 0.717) is 17.0 Å². The van der Waals surface area contributed by atoms with Gasteiger partial charge in [-0.1, -0.05) is 26.0 Å². The van der Waals surface area contributed by atoms with Gasteiger partial charge >= 0.3 is 5.76 Å². The third kappa shape index (κ3) is 2.62. The number of carbonyl (C=O) groups excluding carboxylic acids is 1. The summed E-state index contributed by atoms with van der Waals surface area (Å²) in [5, 5.41) is 6.15. The minimum Gasteiger partial charge on any atom is -0.408 e. The standard InChI is InChI=1S/C14H14N4O4/c1-8(2)12-16-13(17-22-12)15-11(19)7-18-9-5-3-4-6-10(9)21-14(18)20/h3-6,8H,7H2,1-2H3,(H,15,17,19). The molecule has 2 heterocycles. The van der Waals surface area contributed by atoms with E-state index in [1.165, 1.54) is 4.57 Å². The zero-order valence-corrected chi connectivity index (χ0v) is 12.1. The number of anilines is 1. The quantitative estimate of drug-likeness (QED) is 0.787.